The molecule has 0 spiro atoms. The smallest absolute Gasteiger partial charge is 0.151 e. The first-order valence-electron chi connectivity index (χ1n) is 8.04. The van der Waals surface area contributed by atoms with Crippen LogP contribution in [0.4, 0.5) is 0 Å². The fraction of sp³-hybridized carbons (Fsp3) is 0.588. The molecule has 0 saturated heterocycles. The van der Waals surface area contributed by atoms with Crippen LogP contribution in [0.1, 0.15) is 46.5 Å². The second-order valence-corrected chi connectivity index (χ2v) is 7.88. The minimum absolute atomic E-state index is 0.594. The summed E-state index contributed by atoms with van der Waals surface area (Å²) in [5, 5.41) is 4.34. The Morgan fingerprint density at radius 3 is 2.67 bits per heavy atom. The normalized spacial score (nSPS) is 14.4. The van der Waals surface area contributed by atoms with E-state index in [2.05, 4.69) is 50.4 Å². The lowest BCUT2D eigenvalue weighted by Gasteiger charge is -2.26. The van der Waals surface area contributed by atoms with Gasteiger partial charge in [-0.3, -0.25) is 0 Å². The monoisotopic (exact) mass is 322 g/mol. The molecular formula is C17H26N2S2. The van der Waals surface area contributed by atoms with Gasteiger partial charge in [0.2, 0.25) is 0 Å². The molecular weight excluding hydrogens is 296 g/mol. The predicted octanol–water partition coefficient (Wildman–Crippen LogP) is 5.34. The molecule has 0 radical (unpaired) electrons. The van der Waals surface area contributed by atoms with Crippen LogP contribution >= 0.6 is 23.1 Å². The van der Waals surface area contributed by atoms with Crippen molar-refractivity contribution in [1.82, 2.24) is 10.3 Å². The van der Waals surface area contributed by atoms with Crippen LogP contribution in [0.5, 0.6) is 0 Å². The zero-order valence-corrected chi connectivity index (χ0v) is 14.9. The van der Waals surface area contributed by atoms with E-state index in [0.717, 1.165) is 12.1 Å². The summed E-state index contributed by atoms with van der Waals surface area (Å²) in [5.41, 5.74) is 1.13. The van der Waals surface area contributed by atoms with Crippen molar-refractivity contribution in [3.8, 4) is 0 Å². The van der Waals surface area contributed by atoms with Gasteiger partial charge in [0.25, 0.3) is 0 Å². The molecule has 1 aromatic carbocycles. The SMILES string of the molecule is CCCNC(CCC)C(CC)Sc1nc2ccccc2s1. The lowest BCUT2D eigenvalue weighted by atomic mass is 10.1. The number of thioether (sulfide) groups is 1. The van der Waals surface area contributed by atoms with Crippen LogP contribution in [0.25, 0.3) is 10.2 Å². The van der Waals surface area contributed by atoms with Crippen molar-refractivity contribution >= 4 is 33.3 Å². The van der Waals surface area contributed by atoms with Crippen molar-refractivity contribution in [1.29, 1.82) is 0 Å². The first-order chi connectivity index (χ1) is 10.3. The summed E-state index contributed by atoms with van der Waals surface area (Å²) in [6.07, 6.45) is 4.86. The topological polar surface area (TPSA) is 24.9 Å². The summed E-state index contributed by atoms with van der Waals surface area (Å²) < 4.78 is 2.51. The van der Waals surface area contributed by atoms with Gasteiger partial charge >= 0.3 is 0 Å². The zero-order chi connectivity index (χ0) is 15.1. The number of aromatic nitrogens is 1. The van der Waals surface area contributed by atoms with Crippen molar-refractivity contribution < 1.29 is 0 Å². The molecule has 0 fully saturated rings. The first kappa shape index (κ1) is 16.8. The van der Waals surface area contributed by atoms with E-state index in [4.69, 9.17) is 4.98 Å². The van der Waals surface area contributed by atoms with E-state index >= 15 is 0 Å². The maximum absolute atomic E-state index is 4.78. The van der Waals surface area contributed by atoms with Gasteiger partial charge in [-0.2, -0.15) is 0 Å². The van der Waals surface area contributed by atoms with Crippen molar-refractivity contribution in [2.45, 2.75) is 62.1 Å². The third-order valence-electron chi connectivity index (χ3n) is 3.63. The number of hydrogen-bond donors (Lipinski definition) is 1. The van der Waals surface area contributed by atoms with Gasteiger partial charge in [-0.1, -0.05) is 51.1 Å². The van der Waals surface area contributed by atoms with Gasteiger partial charge in [0.05, 0.1) is 10.2 Å². The lowest BCUT2D eigenvalue weighted by molar-refractivity contribution is 0.454. The second-order valence-electron chi connectivity index (χ2n) is 5.36. The minimum Gasteiger partial charge on any atom is -0.313 e. The van der Waals surface area contributed by atoms with Crippen LogP contribution in [0.3, 0.4) is 0 Å². The van der Waals surface area contributed by atoms with Crippen LogP contribution in [0.15, 0.2) is 28.6 Å². The van der Waals surface area contributed by atoms with Gasteiger partial charge in [-0.25, -0.2) is 4.98 Å². The molecule has 0 aliphatic heterocycles. The van der Waals surface area contributed by atoms with E-state index < -0.39 is 0 Å². The molecule has 0 amide bonds. The van der Waals surface area contributed by atoms with Crippen LogP contribution < -0.4 is 5.32 Å². The Morgan fingerprint density at radius 1 is 1.19 bits per heavy atom. The maximum Gasteiger partial charge on any atom is 0.151 e. The van der Waals surface area contributed by atoms with Gasteiger partial charge in [0.1, 0.15) is 0 Å². The highest BCUT2D eigenvalue weighted by Crippen LogP contribution is 2.34. The Hall–Kier alpha value is -0.580. The van der Waals surface area contributed by atoms with Gasteiger partial charge < -0.3 is 5.32 Å². The number of fused-ring (bicyclic) bond motifs is 1. The van der Waals surface area contributed by atoms with Crippen LogP contribution in [-0.4, -0.2) is 22.8 Å². The van der Waals surface area contributed by atoms with Crippen molar-refractivity contribution in [3.05, 3.63) is 24.3 Å². The third kappa shape index (κ3) is 4.70. The molecule has 0 aliphatic carbocycles. The molecule has 2 atom stereocenters. The highest BCUT2D eigenvalue weighted by atomic mass is 32.2. The average Bonchev–Trinajstić information content (AvgIpc) is 2.91. The summed E-state index contributed by atoms with van der Waals surface area (Å²) in [4.78, 5) is 4.78. The molecule has 1 N–H and O–H groups in total. The van der Waals surface area contributed by atoms with Gasteiger partial charge in [-0.05, 0) is 37.9 Å². The Kier molecular flexibility index (Phi) is 7.00. The maximum atomic E-state index is 4.78. The van der Waals surface area contributed by atoms with E-state index in [9.17, 15) is 0 Å². The molecule has 2 rings (SSSR count). The molecule has 2 aromatic rings. The number of para-hydroxylation sites is 1. The Labute approximate surface area is 136 Å². The summed E-state index contributed by atoms with van der Waals surface area (Å²) >= 11 is 3.78. The highest BCUT2D eigenvalue weighted by molar-refractivity contribution is 8.01. The number of benzene rings is 1. The fourth-order valence-corrected chi connectivity index (χ4v) is 5.04. The molecule has 4 heteroatoms. The number of hydrogen-bond acceptors (Lipinski definition) is 4. The molecule has 1 aromatic heterocycles. The fourth-order valence-electron chi connectivity index (χ4n) is 2.54. The molecule has 2 unspecified atom stereocenters. The molecule has 0 bridgehead atoms. The third-order valence-corrected chi connectivity index (χ3v) is 6.26. The standard InChI is InChI=1S/C17H26N2S2/c1-4-9-13(18-12-5-2)15(6-3)20-17-19-14-10-7-8-11-16(14)21-17/h7-8,10-11,13,15,18H,4-6,9,12H2,1-3H3. The van der Waals surface area contributed by atoms with Gasteiger partial charge in [0, 0.05) is 11.3 Å². The molecule has 1 heterocycles. The first-order valence-corrected chi connectivity index (χ1v) is 9.73. The largest absolute Gasteiger partial charge is 0.313 e. The highest BCUT2D eigenvalue weighted by Gasteiger charge is 2.21. The minimum atomic E-state index is 0.594. The number of nitrogens with zero attached hydrogens (tertiary/aromatic N) is 1. The van der Waals surface area contributed by atoms with Gasteiger partial charge in [-0.15, -0.1) is 11.3 Å². The van der Waals surface area contributed by atoms with Crippen LogP contribution in [-0.2, 0) is 0 Å². The molecule has 2 nitrogen and oxygen atoms in total. The molecule has 116 valence electrons. The second kappa shape index (κ2) is 8.76. The zero-order valence-electron chi connectivity index (χ0n) is 13.3. The lowest BCUT2D eigenvalue weighted by Crippen LogP contribution is -2.38. The van der Waals surface area contributed by atoms with Crippen molar-refractivity contribution in [2.75, 3.05) is 6.54 Å². The number of thiazole rings is 1. The Bertz CT molecular complexity index is 505. The summed E-state index contributed by atoms with van der Waals surface area (Å²) in [6.45, 7) is 7.91. The van der Waals surface area contributed by atoms with E-state index in [1.165, 1.54) is 34.7 Å². The summed E-state index contributed by atoms with van der Waals surface area (Å²) in [7, 11) is 0. The van der Waals surface area contributed by atoms with E-state index in [-0.39, 0.29) is 0 Å². The van der Waals surface area contributed by atoms with E-state index in [0.29, 0.717) is 11.3 Å². The average molecular weight is 323 g/mol. The number of rotatable bonds is 9. The summed E-state index contributed by atoms with van der Waals surface area (Å²) in [6, 6.07) is 9.02. The number of nitrogens with one attached hydrogen (secondary N) is 1. The quantitative estimate of drug-likeness (QED) is 0.631. The van der Waals surface area contributed by atoms with Gasteiger partial charge in [0.15, 0.2) is 4.34 Å². The van der Waals surface area contributed by atoms with Crippen molar-refractivity contribution in [2.24, 2.45) is 0 Å². The van der Waals surface area contributed by atoms with E-state index in [1.807, 2.05) is 23.1 Å². The molecule has 21 heavy (non-hydrogen) atoms. The summed E-state index contributed by atoms with van der Waals surface area (Å²) in [5.74, 6) is 0. The van der Waals surface area contributed by atoms with Crippen LogP contribution in [0, 0.1) is 0 Å². The van der Waals surface area contributed by atoms with Crippen molar-refractivity contribution in [3.63, 3.8) is 0 Å². The molecule has 0 aliphatic rings. The molecule has 0 saturated carbocycles. The van der Waals surface area contributed by atoms with Crippen LogP contribution in [0.2, 0.25) is 0 Å². The Balaban J connectivity index is 2.08. The predicted molar refractivity (Wildman–Crippen MR) is 96.5 cm³/mol. The van der Waals surface area contributed by atoms with E-state index in [1.54, 1.807) is 0 Å². The Morgan fingerprint density at radius 2 is 2.00 bits per heavy atom.